The molecule has 0 bridgehead atoms. The van der Waals surface area contributed by atoms with E-state index in [9.17, 15) is 0 Å². The molecule has 1 fully saturated rings. The van der Waals surface area contributed by atoms with Crippen molar-refractivity contribution in [3.63, 3.8) is 0 Å². The van der Waals surface area contributed by atoms with Gasteiger partial charge in [-0.2, -0.15) is 0 Å². The van der Waals surface area contributed by atoms with Gasteiger partial charge in [0, 0.05) is 0 Å². The first-order valence-electron chi connectivity index (χ1n) is 4.96. The SMILES string of the molecule is BC(C)(C)C1(B)CCCCC1. The summed E-state index contributed by atoms with van der Waals surface area (Å²) in [6.07, 6.45) is 7.25. The van der Waals surface area contributed by atoms with Gasteiger partial charge in [-0.15, -0.1) is 0 Å². The monoisotopic (exact) mass is 150 g/mol. The van der Waals surface area contributed by atoms with Crippen LogP contribution in [0.1, 0.15) is 46.0 Å². The van der Waals surface area contributed by atoms with Crippen molar-refractivity contribution in [2.24, 2.45) is 0 Å². The number of hydrogen-bond donors (Lipinski definition) is 0. The molecule has 62 valence electrons. The standard InChI is InChI=1S/C9H20B2/c1-8(2,10)9(11)6-4-3-5-7-9/h3-7,10-11H2,1-2H3. The van der Waals surface area contributed by atoms with Crippen molar-refractivity contribution in [2.45, 2.75) is 56.6 Å². The Balaban J connectivity index is 2.64. The normalized spacial score (nSPS) is 24.9. The van der Waals surface area contributed by atoms with E-state index in [4.69, 9.17) is 0 Å². The van der Waals surface area contributed by atoms with E-state index in [2.05, 4.69) is 29.5 Å². The van der Waals surface area contributed by atoms with Gasteiger partial charge < -0.3 is 0 Å². The lowest BCUT2D eigenvalue weighted by Gasteiger charge is -2.45. The molecule has 0 aromatic heterocycles. The molecule has 0 unspecified atom stereocenters. The van der Waals surface area contributed by atoms with E-state index < -0.39 is 0 Å². The summed E-state index contributed by atoms with van der Waals surface area (Å²) in [7, 11) is 4.85. The maximum absolute atomic E-state index is 2.46. The predicted octanol–water partition coefficient (Wildman–Crippen LogP) is 1.57. The minimum Gasteiger partial charge on any atom is -0.0674 e. The van der Waals surface area contributed by atoms with Crippen LogP contribution in [-0.2, 0) is 0 Å². The van der Waals surface area contributed by atoms with Crippen molar-refractivity contribution >= 4 is 15.7 Å². The van der Waals surface area contributed by atoms with E-state index in [1.54, 1.807) is 0 Å². The molecular weight excluding hydrogens is 130 g/mol. The van der Waals surface area contributed by atoms with Gasteiger partial charge in [0.15, 0.2) is 0 Å². The molecule has 0 atom stereocenters. The van der Waals surface area contributed by atoms with Crippen LogP contribution in [0.25, 0.3) is 0 Å². The van der Waals surface area contributed by atoms with Crippen LogP contribution in [-0.4, -0.2) is 15.7 Å². The van der Waals surface area contributed by atoms with E-state index >= 15 is 0 Å². The molecule has 1 saturated carbocycles. The fraction of sp³-hybridized carbons (Fsp3) is 1.00. The Hall–Kier alpha value is 0.130. The minimum absolute atomic E-state index is 0.507. The van der Waals surface area contributed by atoms with Gasteiger partial charge in [0.2, 0.25) is 0 Å². The van der Waals surface area contributed by atoms with Crippen LogP contribution >= 0.6 is 0 Å². The van der Waals surface area contributed by atoms with Crippen molar-refractivity contribution in [2.75, 3.05) is 0 Å². The van der Waals surface area contributed by atoms with E-state index in [0.29, 0.717) is 10.6 Å². The Morgan fingerprint density at radius 2 is 1.55 bits per heavy atom. The Bertz CT molecular complexity index is 129. The lowest BCUT2D eigenvalue weighted by atomic mass is 9.42. The molecule has 0 nitrogen and oxygen atoms in total. The molecule has 11 heavy (non-hydrogen) atoms. The lowest BCUT2D eigenvalue weighted by Crippen LogP contribution is -2.28. The number of rotatable bonds is 1. The Labute approximate surface area is 73.0 Å². The van der Waals surface area contributed by atoms with Crippen molar-refractivity contribution in [3.05, 3.63) is 0 Å². The summed E-state index contributed by atoms with van der Waals surface area (Å²) in [4.78, 5) is 0. The van der Waals surface area contributed by atoms with Crippen molar-refractivity contribution in [1.29, 1.82) is 0 Å². The van der Waals surface area contributed by atoms with E-state index in [-0.39, 0.29) is 0 Å². The maximum Gasteiger partial charge on any atom is 0.109 e. The topological polar surface area (TPSA) is 0 Å². The van der Waals surface area contributed by atoms with Gasteiger partial charge in [0.25, 0.3) is 0 Å². The van der Waals surface area contributed by atoms with E-state index in [1.807, 2.05) is 0 Å². The summed E-state index contributed by atoms with van der Waals surface area (Å²) in [5.74, 6) is 0. The average molecular weight is 150 g/mol. The van der Waals surface area contributed by atoms with Crippen molar-refractivity contribution < 1.29 is 0 Å². The van der Waals surface area contributed by atoms with Gasteiger partial charge in [-0.05, 0) is 0 Å². The minimum atomic E-state index is 0.507. The highest BCUT2D eigenvalue weighted by Gasteiger charge is 2.37. The van der Waals surface area contributed by atoms with Gasteiger partial charge in [0.1, 0.15) is 15.7 Å². The predicted molar refractivity (Wildman–Crippen MR) is 56.9 cm³/mol. The Morgan fingerprint density at radius 1 is 1.09 bits per heavy atom. The summed E-state index contributed by atoms with van der Waals surface area (Å²) in [6.45, 7) is 4.77. The van der Waals surface area contributed by atoms with E-state index in [0.717, 1.165) is 0 Å². The molecular formula is C9H20B2. The van der Waals surface area contributed by atoms with Gasteiger partial charge >= 0.3 is 0 Å². The first-order valence-corrected chi connectivity index (χ1v) is 4.96. The molecule has 0 radical (unpaired) electrons. The molecule has 0 N–H and O–H groups in total. The zero-order valence-corrected chi connectivity index (χ0v) is 8.54. The number of hydrogen-bond acceptors (Lipinski definition) is 0. The molecule has 0 aromatic rings. The van der Waals surface area contributed by atoms with E-state index in [1.165, 1.54) is 32.1 Å². The largest absolute Gasteiger partial charge is 0.109 e. The molecule has 0 heterocycles. The highest BCUT2D eigenvalue weighted by molar-refractivity contribution is 6.26. The van der Waals surface area contributed by atoms with Crippen LogP contribution in [0.5, 0.6) is 0 Å². The first-order chi connectivity index (χ1) is 4.96. The van der Waals surface area contributed by atoms with Gasteiger partial charge in [-0.3, -0.25) is 0 Å². The molecule has 0 spiro atoms. The molecule has 1 rings (SSSR count). The summed E-state index contributed by atoms with van der Waals surface area (Å²) >= 11 is 0. The second-order valence-corrected chi connectivity index (χ2v) is 5.37. The fourth-order valence-electron chi connectivity index (χ4n) is 2.08. The molecule has 1 aliphatic carbocycles. The lowest BCUT2D eigenvalue weighted by molar-refractivity contribution is 0.313. The summed E-state index contributed by atoms with van der Waals surface area (Å²) in [5, 5.41) is 1.12. The zero-order valence-electron chi connectivity index (χ0n) is 8.54. The molecule has 0 aromatic carbocycles. The summed E-state index contributed by atoms with van der Waals surface area (Å²) < 4.78 is 0. The third-order valence-electron chi connectivity index (χ3n) is 3.77. The van der Waals surface area contributed by atoms with Gasteiger partial charge in [0.05, 0.1) is 0 Å². The van der Waals surface area contributed by atoms with Crippen molar-refractivity contribution in [3.8, 4) is 0 Å². The average Bonchev–Trinajstić information content (AvgIpc) is 1.87. The summed E-state index contributed by atoms with van der Waals surface area (Å²) in [5.41, 5.74) is 0. The van der Waals surface area contributed by atoms with Crippen LogP contribution in [0.3, 0.4) is 0 Å². The maximum atomic E-state index is 2.46. The molecule has 0 aliphatic heterocycles. The summed E-state index contributed by atoms with van der Waals surface area (Å²) in [6, 6.07) is 0. The third kappa shape index (κ3) is 1.83. The van der Waals surface area contributed by atoms with Crippen LogP contribution < -0.4 is 0 Å². The van der Waals surface area contributed by atoms with Gasteiger partial charge in [-0.25, -0.2) is 0 Å². The van der Waals surface area contributed by atoms with Crippen LogP contribution in [0.15, 0.2) is 0 Å². The Kier molecular flexibility index (Phi) is 2.41. The quantitative estimate of drug-likeness (QED) is 0.497. The second kappa shape index (κ2) is 2.88. The molecule has 1 aliphatic rings. The third-order valence-corrected chi connectivity index (χ3v) is 3.77. The molecule has 0 saturated heterocycles. The first kappa shape index (κ1) is 9.22. The van der Waals surface area contributed by atoms with Crippen molar-refractivity contribution in [1.82, 2.24) is 0 Å². The molecule has 2 heteroatoms. The smallest absolute Gasteiger partial charge is 0.0674 e. The highest BCUT2D eigenvalue weighted by atomic mass is 14.3. The van der Waals surface area contributed by atoms with Crippen LogP contribution in [0, 0.1) is 0 Å². The zero-order chi connectivity index (χ0) is 8.54. The fourth-order valence-corrected chi connectivity index (χ4v) is 2.08. The Morgan fingerprint density at radius 3 is 1.82 bits per heavy atom. The van der Waals surface area contributed by atoms with Crippen LogP contribution in [0.2, 0.25) is 10.6 Å². The van der Waals surface area contributed by atoms with Crippen LogP contribution in [0.4, 0.5) is 0 Å². The highest BCUT2D eigenvalue weighted by Crippen LogP contribution is 2.55. The molecule has 0 amide bonds. The van der Waals surface area contributed by atoms with Gasteiger partial charge in [-0.1, -0.05) is 56.6 Å². The second-order valence-electron chi connectivity index (χ2n) is 5.37.